The van der Waals surface area contributed by atoms with E-state index in [9.17, 15) is 75.7 Å². The molecule has 0 aliphatic carbocycles. The van der Waals surface area contributed by atoms with E-state index >= 15 is 0 Å². The molecule has 0 saturated carbocycles. The third-order valence-electron chi connectivity index (χ3n) is 22.1. The predicted octanol–water partition coefficient (Wildman–Crippen LogP) is 12.4. The second-order valence-corrected chi connectivity index (χ2v) is 31.4. The topological polar surface area (TPSA) is 373 Å². The number of hydrogen-bond donors (Lipinski definition) is 14. The fourth-order valence-electron chi connectivity index (χ4n) is 15.3. The van der Waals surface area contributed by atoms with Gasteiger partial charge in [0.2, 0.25) is 11.8 Å². The Balaban J connectivity index is 1.36. The maximum Gasteiger partial charge on any atom is 0.364 e. The molecule has 0 aromatic heterocycles. The molecule has 105 heavy (non-hydrogen) atoms. The number of carboxylic acids is 1. The molecule has 0 bridgehead atoms. The Morgan fingerprint density at radius 3 is 1.19 bits per heavy atom. The van der Waals surface area contributed by atoms with Crippen molar-refractivity contribution in [2.45, 2.75) is 477 Å². The third-order valence-corrected chi connectivity index (χ3v) is 22.1. The minimum Gasteiger partial charge on any atom is -0.477 e. The molecule has 3 saturated heterocycles. The monoisotopic (exact) mass is 1510 g/mol. The van der Waals surface area contributed by atoms with Crippen molar-refractivity contribution in [2.24, 2.45) is 0 Å². The van der Waals surface area contributed by atoms with Crippen molar-refractivity contribution in [1.82, 2.24) is 10.6 Å². The van der Waals surface area contributed by atoms with E-state index in [2.05, 4.69) is 24.5 Å². The second-order valence-electron chi connectivity index (χ2n) is 31.4. The van der Waals surface area contributed by atoms with Gasteiger partial charge in [-0.25, -0.2) is 4.79 Å². The minimum atomic E-state index is -3.08. The maximum atomic E-state index is 13.5. The number of carbonyl (C=O) groups excluding carboxylic acids is 2. The SMILES string of the molecule is CCCCCCCCCCCCCCCCCCCCCCCCCCCCCCCCCCCCCCCCCC(=O)NC(COC1OC(CO)C(OC2OC(CO)C(O)C(OC3(C(=O)O)CC(O)C(NC(C)=O)C(C(O)C(O)CO)O3)C2O)C(O)C1O)C(O)CCCCCCCCCCCCCC. The van der Waals surface area contributed by atoms with E-state index in [1.807, 2.05) is 0 Å². The summed E-state index contributed by atoms with van der Waals surface area (Å²) in [6.45, 7) is 2.24. The highest BCUT2D eigenvalue weighted by Crippen LogP contribution is 2.39. The van der Waals surface area contributed by atoms with Gasteiger partial charge in [0.1, 0.15) is 67.1 Å². The van der Waals surface area contributed by atoms with Crippen molar-refractivity contribution >= 4 is 17.8 Å². The van der Waals surface area contributed by atoms with Crippen molar-refractivity contribution in [3.63, 3.8) is 0 Å². The number of ether oxygens (including phenoxy) is 6. The summed E-state index contributed by atoms with van der Waals surface area (Å²) in [5, 5.41) is 136. The molecule has 18 atom stereocenters. The quantitative estimate of drug-likeness (QED) is 0.0252. The van der Waals surface area contributed by atoms with E-state index < -0.39 is 148 Å². The number of hydrogen-bond acceptors (Lipinski definition) is 20. The van der Waals surface area contributed by atoms with E-state index in [1.165, 1.54) is 270 Å². The zero-order valence-corrected chi connectivity index (χ0v) is 65.9. The average Bonchev–Trinajstić information content (AvgIpc) is 0.755. The van der Waals surface area contributed by atoms with Crippen molar-refractivity contribution in [3.05, 3.63) is 0 Å². The summed E-state index contributed by atoms with van der Waals surface area (Å²) in [4.78, 5) is 38.7. The molecule has 0 radical (unpaired) electrons. The van der Waals surface area contributed by atoms with Crippen molar-refractivity contribution in [1.29, 1.82) is 0 Å². The highest BCUT2D eigenvalue weighted by Gasteiger charge is 2.60. The maximum absolute atomic E-state index is 13.5. The van der Waals surface area contributed by atoms with Crippen LogP contribution in [0.4, 0.5) is 0 Å². The van der Waals surface area contributed by atoms with E-state index in [0.717, 1.165) is 51.9 Å². The largest absolute Gasteiger partial charge is 0.477 e. The van der Waals surface area contributed by atoms with Crippen molar-refractivity contribution in [3.8, 4) is 0 Å². The second kappa shape index (κ2) is 61.3. The fraction of sp³-hybridized carbons (Fsp3) is 0.963. The van der Waals surface area contributed by atoms with Gasteiger partial charge in [0.25, 0.3) is 5.79 Å². The van der Waals surface area contributed by atoms with E-state index in [0.29, 0.717) is 19.3 Å². The number of aliphatic hydroxyl groups excluding tert-OH is 11. The lowest BCUT2D eigenvalue weighted by Gasteiger charge is -2.50. The van der Waals surface area contributed by atoms with Crippen molar-refractivity contribution in [2.75, 3.05) is 26.4 Å². The standard InChI is InChI=1S/C82H156N2O21/c1-4-6-8-10-12-14-16-18-19-20-21-22-23-24-25-26-27-28-29-30-31-32-33-34-35-36-37-38-39-40-41-42-43-44-46-48-50-52-54-56-69(92)84-63(64(89)55-53-51-49-47-45-17-15-13-11-9-7-5-2)61-100-79-74(96)73(95)76(68(60-87)102-79)103-80-75(97)78(72(94)67(59-86)101-80)105-82(81(98)99)57-65(90)70(83-62(3)88)77(104-82)71(93)66(91)58-85/h63-68,70-80,85-87,89-91,93-97H,4-61H2,1-3H3,(H,83,88)(H,84,92)(H,98,99). The van der Waals surface area contributed by atoms with Gasteiger partial charge in [-0.3, -0.25) is 9.59 Å². The van der Waals surface area contributed by atoms with E-state index in [1.54, 1.807) is 0 Å². The summed E-state index contributed by atoms with van der Waals surface area (Å²) in [7, 11) is 0. The first-order valence-corrected chi connectivity index (χ1v) is 42.9. The lowest BCUT2D eigenvalue weighted by Crippen LogP contribution is -2.70. The van der Waals surface area contributed by atoms with Gasteiger partial charge in [-0.2, -0.15) is 0 Å². The van der Waals surface area contributed by atoms with E-state index in [4.69, 9.17) is 28.4 Å². The Labute approximate surface area is 633 Å². The molecule has 3 fully saturated rings. The first-order chi connectivity index (χ1) is 50.9. The zero-order chi connectivity index (χ0) is 76.7. The highest BCUT2D eigenvalue weighted by molar-refractivity contribution is 5.77. The fourth-order valence-corrected chi connectivity index (χ4v) is 15.3. The summed E-state index contributed by atoms with van der Waals surface area (Å²) in [5.41, 5.74) is 0. The molecule has 23 nitrogen and oxygen atoms in total. The first-order valence-electron chi connectivity index (χ1n) is 42.9. The van der Waals surface area contributed by atoms with Crippen LogP contribution < -0.4 is 10.6 Å². The van der Waals surface area contributed by atoms with Crippen LogP contribution in [0.5, 0.6) is 0 Å². The summed E-state index contributed by atoms with van der Waals surface area (Å²) in [6.07, 6.45) is 37.3. The molecular formula is C82H156N2O21. The molecule has 3 heterocycles. The lowest BCUT2D eigenvalue weighted by atomic mass is 9.88. The molecule has 18 unspecified atom stereocenters. The molecular weight excluding hydrogens is 1350 g/mol. The molecule has 3 rings (SSSR count). The number of nitrogens with one attached hydrogen (secondary N) is 2. The molecule has 0 aromatic carbocycles. The Morgan fingerprint density at radius 2 is 0.829 bits per heavy atom. The Bertz CT molecular complexity index is 2090. The molecule has 14 N–H and O–H groups in total. The van der Waals surface area contributed by atoms with Crippen LogP contribution in [0, 0.1) is 0 Å². The smallest absolute Gasteiger partial charge is 0.364 e. The molecule has 620 valence electrons. The number of aliphatic hydroxyl groups is 11. The van der Waals surface area contributed by atoms with Crippen LogP contribution >= 0.6 is 0 Å². The van der Waals surface area contributed by atoms with Gasteiger partial charge < -0.3 is 100 Å². The molecule has 0 spiro atoms. The minimum absolute atomic E-state index is 0.229. The number of rotatable bonds is 69. The van der Waals surface area contributed by atoms with Crippen LogP contribution in [0.25, 0.3) is 0 Å². The average molecular weight is 1510 g/mol. The van der Waals surface area contributed by atoms with Crippen LogP contribution in [-0.4, -0.2) is 215 Å². The van der Waals surface area contributed by atoms with Crippen molar-refractivity contribution < 1.29 is 104 Å². The van der Waals surface area contributed by atoms with Crippen LogP contribution in [0.2, 0.25) is 0 Å². The summed E-state index contributed by atoms with van der Waals surface area (Å²) in [6, 6.07) is -2.52. The van der Waals surface area contributed by atoms with Gasteiger partial charge in [0.05, 0.1) is 50.7 Å². The number of carbonyl (C=O) groups is 3. The van der Waals surface area contributed by atoms with E-state index in [-0.39, 0.29) is 18.9 Å². The normalized spacial score (nSPS) is 26.2. The summed E-state index contributed by atoms with van der Waals surface area (Å²) < 4.78 is 34.9. The molecule has 23 heteroatoms. The van der Waals surface area contributed by atoms with Gasteiger partial charge >= 0.3 is 5.97 Å². The van der Waals surface area contributed by atoms with Crippen LogP contribution in [0.15, 0.2) is 0 Å². The Morgan fingerprint density at radius 1 is 0.457 bits per heavy atom. The number of aliphatic carboxylic acids is 1. The molecule has 2 amide bonds. The lowest BCUT2D eigenvalue weighted by molar-refractivity contribution is -0.386. The van der Waals surface area contributed by atoms with Crippen LogP contribution in [0.1, 0.15) is 367 Å². The van der Waals surface area contributed by atoms with Crippen LogP contribution in [0.3, 0.4) is 0 Å². The van der Waals surface area contributed by atoms with Gasteiger partial charge in [0, 0.05) is 19.8 Å². The Kier molecular flexibility index (Phi) is 56.6. The predicted molar refractivity (Wildman–Crippen MR) is 408 cm³/mol. The number of carboxylic acid groups (broad SMARTS) is 1. The third kappa shape index (κ3) is 41.2. The van der Waals surface area contributed by atoms with Crippen LogP contribution in [-0.2, 0) is 42.8 Å². The van der Waals surface area contributed by atoms with Gasteiger partial charge in [-0.05, 0) is 12.8 Å². The van der Waals surface area contributed by atoms with Gasteiger partial charge in [-0.15, -0.1) is 0 Å². The summed E-state index contributed by atoms with van der Waals surface area (Å²) >= 11 is 0. The first kappa shape index (κ1) is 96.9. The highest BCUT2D eigenvalue weighted by atomic mass is 16.8. The molecule has 3 aliphatic rings. The van der Waals surface area contributed by atoms with Gasteiger partial charge in [0.15, 0.2) is 12.6 Å². The summed E-state index contributed by atoms with van der Waals surface area (Å²) in [5.74, 6) is -6.09. The Hall–Kier alpha value is -2.27. The zero-order valence-electron chi connectivity index (χ0n) is 65.9. The van der Waals surface area contributed by atoms with Gasteiger partial charge in [-0.1, -0.05) is 335 Å². The number of unbranched alkanes of at least 4 members (excludes halogenated alkanes) is 49. The molecule has 3 aliphatic heterocycles. The molecule has 0 aromatic rings. The number of amides is 2.